The summed E-state index contributed by atoms with van der Waals surface area (Å²) in [7, 11) is 1.68. The summed E-state index contributed by atoms with van der Waals surface area (Å²) in [5.41, 5.74) is 8.03. The van der Waals surface area contributed by atoms with Gasteiger partial charge in [0.25, 0.3) is 0 Å². The van der Waals surface area contributed by atoms with E-state index in [9.17, 15) is 0 Å². The molecular weight excluding hydrogens is 488 g/mol. The summed E-state index contributed by atoms with van der Waals surface area (Å²) in [4.78, 5) is 6.99. The van der Waals surface area contributed by atoms with Crippen molar-refractivity contribution in [2.24, 2.45) is 0 Å². The predicted octanol–water partition coefficient (Wildman–Crippen LogP) is 6.63. The van der Waals surface area contributed by atoms with Gasteiger partial charge in [-0.25, -0.2) is 0 Å². The van der Waals surface area contributed by atoms with E-state index < -0.39 is 0 Å². The van der Waals surface area contributed by atoms with E-state index in [0.717, 1.165) is 32.8 Å². The van der Waals surface area contributed by atoms with Crippen LogP contribution in [0.5, 0.6) is 5.75 Å². The van der Waals surface area contributed by atoms with Gasteiger partial charge in [-0.1, -0.05) is 35.9 Å². The molecule has 3 heterocycles. The lowest BCUT2D eigenvalue weighted by atomic mass is 9.93. The van der Waals surface area contributed by atoms with Gasteiger partial charge in [-0.15, -0.1) is 0 Å². The number of nitrogens with zero attached hydrogens (tertiary/aromatic N) is 3. The fraction of sp³-hybridized carbons (Fsp3) is 0.241. The molecule has 1 fully saturated rings. The first-order chi connectivity index (χ1) is 17.4. The Hall–Kier alpha value is -3.35. The van der Waals surface area contributed by atoms with Gasteiger partial charge in [0.1, 0.15) is 5.75 Å². The molecule has 1 aliphatic rings. The van der Waals surface area contributed by atoms with Crippen LogP contribution in [0.3, 0.4) is 0 Å². The summed E-state index contributed by atoms with van der Waals surface area (Å²) in [5.74, 6) is 0.838. The van der Waals surface area contributed by atoms with Crippen LogP contribution in [0.1, 0.15) is 45.9 Å². The van der Waals surface area contributed by atoms with Crippen LogP contribution < -0.4 is 10.1 Å². The van der Waals surface area contributed by atoms with Gasteiger partial charge in [-0.05, 0) is 86.6 Å². The molecule has 5 nitrogen and oxygen atoms in total. The summed E-state index contributed by atoms with van der Waals surface area (Å²) in [5, 5.41) is 5.02. The number of pyridine rings is 1. The lowest BCUT2D eigenvalue weighted by Crippen LogP contribution is -2.29. The fourth-order valence-electron chi connectivity index (χ4n) is 5.26. The Morgan fingerprint density at radius 1 is 1.00 bits per heavy atom. The van der Waals surface area contributed by atoms with Crippen molar-refractivity contribution in [3.63, 3.8) is 0 Å². The highest BCUT2D eigenvalue weighted by Crippen LogP contribution is 2.44. The minimum Gasteiger partial charge on any atom is -0.497 e. The molecule has 0 amide bonds. The van der Waals surface area contributed by atoms with Gasteiger partial charge >= 0.3 is 0 Å². The van der Waals surface area contributed by atoms with Crippen LogP contribution in [0.15, 0.2) is 72.9 Å². The van der Waals surface area contributed by atoms with E-state index in [4.69, 9.17) is 33.5 Å². The molecule has 0 radical (unpaired) electrons. The lowest BCUT2D eigenvalue weighted by molar-refractivity contribution is 0.309. The van der Waals surface area contributed by atoms with E-state index in [1.807, 2.05) is 48.7 Å². The van der Waals surface area contributed by atoms with E-state index in [2.05, 4.69) is 59.8 Å². The molecule has 0 saturated carbocycles. The molecule has 36 heavy (non-hydrogen) atoms. The van der Waals surface area contributed by atoms with Crippen molar-refractivity contribution in [1.29, 1.82) is 0 Å². The Labute approximate surface area is 222 Å². The SMILES string of the molecule is COc1ccc(CN2C(=S)N[C@H](c3ccccn3)[C@H]2c2c(C)c(C)n(-c3cccc(Cl)c3)c2C)cc1. The van der Waals surface area contributed by atoms with Crippen LogP contribution in [-0.4, -0.2) is 26.7 Å². The van der Waals surface area contributed by atoms with Crippen LogP contribution in [-0.2, 0) is 6.54 Å². The van der Waals surface area contributed by atoms with Crippen molar-refractivity contribution in [2.45, 2.75) is 39.4 Å². The average Bonchev–Trinajstić information content (AvgIpc) is 3.31. The number of rotatable bonds is 6. The summed E-state index contributed by atoms with van der Waals surface area (Å²) in [6.07, 6.45) is 1.84. The zero-order valence-corrected chi connectivity index (χ0v) is 22.4. The molecule has 1 aliphatic heterocycles. The predicted molar refractivity (Wildman–Crippen MR) is 149 cm³/mol. The first-order valence-corrected chi connectivity index (χ1v) is 12.7. The minimum atomic E-state index is -0.0797. The first-order valence-electron chi connectivity index (χ1n) is 11.9. The third-order valence-corrected chi connectivity index (χ3v) is 7.67. The Morgan fingerprint density at radius 3 is 2.44 bits per heavy atom. The van der Waals surface area contributed by atoms with E-state index >= 15 is 0 Å². The largest absolute Gasteiger partial charge is 0.497 e. The second-order valence-electron chi connectivity index (χ2n) is 9.13. The van der Waals surface area contributed by atoms with Gasteiger partial charge in [0.05, 0.1) is 24.9 Å². The highest BCUT2D eigenvalue weighted by atomic mass is 35.5. The molecule has 0 unspecified atom stereocenters. The number of hydrogen-bond acceptors (Lipinski definition) is 3. The molecule has 2 aromatic heterocycles. The minimum absolute atomic E-state index is 0.0337. The lowest BCUT2D eigenvalue weighted by Gasteiger charge is -2.29. The van der Waals surface area contributed by atoms with Gasteiger partial charge in [-0.2, -0.15) is 0 Å². The molecule has 0 aliphatic carbocycles. The molecule has 5 rings (SSSR count). The maximum atomic E-state index is 6.36. The van der Waals surface area contributed by atoms with Crippen molar-refractivity contribution in [3.05, 3.63) is 112 Å². The second-order valence-corrected chi connectivity index (χ2v) is 9.95. The third-order valence-electron chi connectivity index (χ3n) is 7.08. The van der Waals surface area contributed by atoms with Crippen LogP contribution in [0.25, 0.3) is 5.69 Å². The number of benzene rings is 2. The summed E-state index contributed by atoms with van der Waals surface area (Å²) < 4.78 is 7.64. The summed E-state index contributed by atoms with van der Waals surface area (Å²) >= 11 is 12.3. The monoisotopic (exact) mass is 516 g/mol. The third kappa shape index (κ3) is 4.36. The Kier molecular flexibility index (Phi) is 6.73. The van der Waals surface area contributed by atoms with E-state index in [-0.39, 0.29) is 12.1 Å². The molecule has 1 saturated heterocycles. The topological polar surface area (TPSA) is 42.3 Å². The van der Waals surface area contributed by atoms with Crippen LogP contribution >= 0.6 is 23.8 Å². The highest BCUT2D eigenvalue weighted by Gasteiger charge is 2.42. The van der Waals surface area contributed by atoms with Crippen LogP contribution in [0, 0.1) is 20.8 Å². The van der Waals surface area contributed by atoms with Gasteiger partial charge < -0.3 is 19.5 Å². The second kappa shape index (κ2) is 9.96. The van der Waals surface area contributed by atoms with Crippen LogP contribution in [0.2, 0.25) is 5.02 Å². The maximum absolute atomic E-state index is 6.36. The van der Waals surface area contributed by atoms with Crippen molar-refractivity contribution >= 4 is 28.9 Å². The van der Waals surface area contributed by atoms with E-state index in [1.54, 1.807) is 7.11 Å². The van der Waals surface area contributed by atoms with E-state index in [1.165, 1.54) is 22.5 Å². The molecule has 184 valence electrons. The van der Waals surface area contributed by atoms with Crippen molar-refractivity contribution < 1.29 is 4.74 Å². The number of ether oxygens (including phenoxy) is 1. The first kappa shape index (κ1) is 24.3. The van der Waals surface area contributed by atoms with Gasteiger partial charge in [0.2, 0.25) is 0 Å². The molecule has 1 N–H and O–H groups in total. The Bertz CT molecular complexity index is 1400. The van der Waals surface area contributed by atoms with Gasteiger partial charge in [0, 0.05) is 40.4 Å². The van der Waals surface area contributed by atoms with Gasteiger partial charge in [-0.3, -0.25) is 4.98 Å². The summed E-state index contributed by atoms with van der Waals surface area (Å²) in [6, 6.07) is 22.1. The normalized spacial score (nSPS) is 17.4. The number of hydrogen-bond donors (Lipinski definition) is 1. The maximum Gasteiger partial charge on any atom is 0.170 e. The Balaban J connectivity index is 1.64. The molecule has 2 atom stereocenters. The zero-order chi connectivity index (χ0) is 25.4. The van der Waals surface area contributed by atoms with E-state index in [0.29, 0.717) is 6.54 Å². The Morgan fingerprint density at radius 2 is 1.78 bits per heavy atom. The average molecular weight is 517 g/mol. The molecular formula is C29H29ClN4OS. The zero-order valence-electron chi connectivity index (χ0n) is 20.8. The molecule has 0 spiro atoms. The smallest absolute Gasteiger partial charge is 0.170 e. The van der Waals surface area contributed by atoms with Gasteiger partial charge in [0.15, 0.2) is 5.11 Å². The quantitative estimate of drug-likeness (QED) is 0.291. The number of aromatic nitrogens is 2. The number of halogens is 1. The molecule has 2 aromatic carbocycles. The van der Waals surface area contributed by atoms with Crippen molar-refractivity contribution in [1.82, 2.24) is 19.8 Å². The summed E-state index contributed by atoms with van der Waals surface area (Å²) in [6.45, 7) is 7.21. The molecule has 4 aromatic rings. The van der Waals surface area contributed by atoms with Crippen LogP contribution in [0.4, 0.5) is 0 Å². The molecule has 0 bridgehead atoms. The standard InChI is InChI=1S/C29H29ClN4OS/c1-18-19(2)34(23-9-7-8-22(30)16-23)20(3)26(18)28-27(25-10-5-6-15-31-25)32-29(36)33(28)17-21-11-13-24(35-4)14-12-21/h5-16,27-28H,17H2,1-4H3,(H,32,36)/t27-,28-/m1/s1. The fourth-order valence-corrected chi connectivity index (χ4v) is 5.75. The molecule has 7 heteroatoms. The van der Waals surface area contributed by atoms with Crippen molar-refractivity contribution in [2.75, 3.05) is 7.11 Å². The number of nitrogens with one attached hydrogen (secondary N) is 1. The van der Waals surface area contributed by atoms with Crippen molar-refractivity contribution in [3.8, 4) is 11.4 Å². The highest BCUT2D eigenvalue weighted by molar-refractivity contribution is 7.80. The number of thiocarbonyl (C=S) groups is 1. The number of methoxy groups -OCH3 is 1.